The van der Waals surface area contributed by atoms with Crippen LogP contribution in [-0.4, -0.2) is 27.0 Å². The molecule has 0 unspecified atom stereocenters. The van der Waals surface area contributed by atoms with Crippen molar-refractivity contribution in [3.63, 3.8) is 0 Å². The second-order valence-corrected chi connectivity index (χ2v) is 9.62. The second kappa shape index (κ2) is 9.98. The summed E-state index contributed by atoms with van der Waals surface area (Å²) in [6, 6.07) is 11.9. The average molecular weight is 431 g/mol. The molecular weight excluding hydrogens is 400 g/mol. The first kappa shape index (κ1) is 22.2. The third-order valence-corrected chi connectivity index (χ3v) is 6.74. The molecule has 30 heavy (non-hydrogen) atoms. The van der Waals surface area contributed by atoms with E-state index in [2.05, 4.69) is 10.0 Å². The number of hydrogen-bond acceptors (Lipinski definition) is 4. The van der Waals surface area contributed by atoms with E-state index in [1.54, 1.807) is 18.2 Å². The Morgan fingerprint density at radius 2 is 1.67 bits per heavy atom. The van der Waals surface area contributed by atoms with Crippen molar-refractivity contribution in [2.45, 2.75) is 63.3 Å². The monoisotopic (exact) mass is 430 g/mol. The van der Waals surface area contributed by atoms with Crippen molar-refractivity contribution in [3.05, 3.63) is 53.6 Å². The van der Waals surface area contributed by atoms with E-state index in [0.29, 0.717) is 11.4 Å². The van der Waals surface area contributed by atoms with Crippen LogP contribution in [0.3, 0.4) is 0 Å². The highest BCUT2D eigenvalue weighted by Crippen LogP contribution is 2.23. The van der Waals surface area contributed by atoms with Crippen LogP contribution in [0.5, 0.6) is 5.75 Å². The highest BCUT2D eigenvalue weighted by atomic mass is 32.2. The molecule has 7 heteroatoms. The van der Waals surface area contributed by atoms with Crippen molar-refractivity contribution < 1.29 is 17.9 Å². The lowest BCUT2D eigenvalue weighted by Gasteiger charge is -2.16. The molecule has 1 fully saturated rings. The minimum atomic E-state index is -3.71. The fourth-order valence-corrected chi connectivity index (χ4v) is 4.73. The SMILES string of the molecule is Cc1ccc(C)c(NS(=O)(=O)c2ccc(OCC(=O)NC3CCCCCC3)cc2)c1. The van der Waals surface area contributed by atoms with Gasteiger partial charge in [0.25, 0.3) is 15.9 Å². The topological polar surface area (TPSA) is 84.5 Å². The first-order chi connectivity index (χ1) is 14.3. The predicted octanol–water partition coefficient (Wildman–Crippen LogP) is 4.32. The van der Waals surface area contributed by atoms with Crippen LogP contribution in [0.1, 0.15) is 49.7 Å². The number of hydrogen-bond donors (Lipinski definition) is 2. The van der Waals surface area contributed by atoms with Crippen molar-refractivity contribution in [2.75, 3.05) is 11.3 Å². The average Bonchev–Trinajstić information content (AvgIpc) is 2.98. The molecule has 0 aliphatic heterocycles. The first-order valence-corrected chi connectivity index (χ1v) is 11.9. The van der Waals surface area contributed by atoms with Crippen LogP contribution in [0.25, 0.3) is 0 Å². The van der Waals surface area contributed by atoms with Crippen LogP contribution in [0.2, 0.25) is 0 Å². The van der Waals surface area contributed by atoms with Crippen LogP contribution >= 0.6 is 0 Å². The number of benzene rings is 2. The first-order valence-electron chi connectivity index (χ1n) is 10.5. The molecule has 2 aromatic rings. The Morgan fingerprint density at radius 1 is 1.00 bits per heavy atom. The summed E-state index contributed by atoms with van der Waals surface area (Å²) in [6.07, 6.45) is 6.81. The third kappa shape index (κ3) is 6.23. The fraction of sp³-hybridized carbons (Fsp3) is 0.435. The van der Waals surface area contributed by atoms with Gasteiger partial charge < -0.3 is 10.1 Å². The summed E-state index contributed by atoms with van der Waals surface area (Å²) < 4.78 is 33.5. The molecule has 0 radical (unpaired) electrons. The maximum atomic E-state index is 12.7. The van der Waals surface area contributed by atoms with Crippen LogP contribution in [0, 0.1) is 13.8 Å². The van der Waals surface area contributed by atoms with Gasteiger partial charge in [-0.25, -0.2) is 8.42 Å². The summed E-state index contributed by atoms with van der Waals surface area (Å²) >= 11 is 0. The summed E-state index contributed by atoms with van der Waals surface area (Å²) in [5.74, 6) is 0.312. The largest absolute Gasteiger partial charge is 0.484 e. The number of rotatable bonds is 7. The summed E-state index contributed by atoms with van der Waals surface area (Å²) in [7, 11) is -3.71. The van der Waals surface area contributed by atoms with Crippen LogP contribution < -0.4 is 14.8 Å². The lowest BCUT2D eigenvalue weighted by molar-refractivity contribution is -0.123. The number of sulfonamides is 1. The minimum Gasteiger partial charge on any atom is -0.484 e. The molecule has 6 nitrogen and oxygen atoms in total. The zero-order valence-corrected chi connectivity index (χ0v) is 18.4. The molecule has 2 aromatic carbocycles. The molecule has 1 aliphatic carbocycles. The van der Waals surface area contributed by atoms with E-state index in [1.165, 1.54) is 25.0 Å². The van der Waals surface area contributed by atoms with Gasteiger partial charge in [-0.1, -0.05) is 37.8 Å². The number of ether oxygens (including phenoxy) is 1. The Hall–Kier alpha value is -2.54. The van der Waals surface area contributed by atoms with Crippen molar-refractivity contribution >= 4 is 21.6 Å². The number of carbonyl (C=O) groups is 1. The van der Waals surface area contributed by atoms with Gasteiger partial charge >= 0.3 is 0 Å². The van der Waals surface area contributed by atoms with Gasteiger partial charge in [0.05, 0.1) is 10.6 Å². The third-order valence-electron chi connectivity index (χ3n) is 5.36. The molecule has 0 saturated heterocycles. The molecule has 162 valence electrons. The molecule has 1 saturated carbocycles. The van der Waals surface area contributed by atoms with Crippen LogP contribution in [0.15, 0.2) is 47.4 Å². The van der Waals surface area contributed by atoms with Crippen LogP contribution in [0.4, 0.5) is 5.69 Å². The van der Waals surface area contributed by atoms with Crippen LogP contribution in [-0.2, 0) is 14.8 Å². The molecule has 3 rings (SSSR count). The number of carbonyl (C=O) groups excluding carboxylic acids is 1. The van der Waals surface area contributed by atoms with E-state index in [1.807, 2.05) is 26.0 Å². The fourth-order valence-electron chi connectivity index (χ4n) is 3.61. The molecule has 1 amide bonds. The van der Waals surface area contributed by atoms with Gasteiger partial charge in [0.2, 0.25) is 0 Å². The summed E-state index contributed by atoms with van der Waals surface area (Å²) in [5, 5.41) is 3.03. The van der Waals surface area contributed by atoms with Gasteiger partial charge in [0.15, 0.2) is 6.61 Å². The standard InChI is InChI=1S/C23H30N2O4S/c1-17-9-10-18(2)22(15-17)25-30(27,28)21-13-11-20(12-14-21)29-16-23(26)24-19-7-5-3-4-6-8-19/h9-15,19,25H,3-8,16H2,1-2H3,(H,24,26). The number of amides is 1. The maximum absolute atomic E-state index is 12.7. The van der Waals surface area contributed by atoms with E-state index in [4.69, 9.17) is 4.74 Å². The predicted molar refractivity (Wildman–Crippen MR) is 118 cm³/mol. The van der Waals surface area contributed by atoms with E-state index in [-0.39, 0.29) is 23.5 Å². The Bertz CT molecular complexity index is 963. The van der Waals surface area contributed by atoms with Gasteiger partial charge in [0.1, 0.15) is 5.75 Å². The van der Waals surface area contributed by atoms with Gasteiger partial charge in [-0.15, -0.1) is 0 Å². The van der Waals surface area contributed by atoms with Crippen molar-refractivity contribution in [2.24, 2.45) is 0 Å². The highest BCUT2D eigenvalue weighted by Gasteiger charge is 2.17. The summed E-state index contributed by atoms with van der Waals surface area (Å²) in [4.78, 5) is 12.3. The molecule has 0 bridgehead atoms. The number of nitrogens with one attached hydrogen (secondary N) is 2. The highest BCUT2D eigenvalue weighted by molar-refractivity contribution is 7.92. The van der Waals surface area contributed by atoms with Crippen molar-refractivity contribution in [1.82, 2.24) is 5.32 Å². The lowest BCUT2D eigenvalue weighted by Crippen LogP contribution is -2.37. The Labute approximate surface area is 179 Å². The van der Waals surface area contributed by atoms with Gasteiger partial charge in [-0.2, -0.15) is 0 Å². The van der Waals surface area contributed by atoms with E-state index < -0.39 is 10.0 Å². The molecule has 0 heterocycles. The van der Waals surface area contributed by atoms with Crippen molar-refractivity contribution in [1.29, 1.82) is 0 Å². The summed E-state index contributed by atoms with van der Waals surface area (Å²) in [5.41, 5.74) is 2.39. The second-order valence-electron chi connectivity index (χ2n) is 7.94. The van der Waals surface area contributed by atoms with E-state index in [0.717, 1.165) is 36.8 Å². The molecule has 0 atom stereocenters. The Kier molecular flexibility index (Phi) is 7.37. The Morgan fingerprint density at radius 3 is 2.33 bits per heavy atom. The van der Waals surface area contributed by atoms with E-state index in [9.17, 15) is 13.2 Å². The van der Waals surface area contributed by atoms with E-state index >= 15 is 0 Å². The molecule has 0 aromatic heterocycles. The molecule has 2 N–H and O–H groups in total. The number of anilines is 1. The molecule has 0 spiro atoms. The smallest absolute Gasteiger partial charge is 0.261 e. The quantitative estimate of drug-likeness (QED) is 0.641. The zero-order chi connectivity index (χ0) is 21.6. The minimum absolute atomic E-state index is 0.0800. The van der Waals surface area contributed by atoms with Gasteiger partial charge in [0, 0.05) is 6.04 Å². The molecule has 1 aliphatic rings. The maximum Gasteiger partial charge on any atom is 0.261 e. The van der Waals surface area contributed by atoms with Crippen molar-refractivity contribution in [3.8, 4) is 5.75 Å². The number of aryl methyl sites for hydroxylation is 2. The molecular formula is C23H30N2O4S. The lowest BCUT2D eigenvalue weighted by atomic mass is 10.1. The van der Waals surface area contributed by atoms with Gasteiger partial charge in [-0.3, -0.25) is 9.52 Å². The Balaban J connectivity index is 1.56. The van der Waals surface area contributed by atoms with Gasteiger partial charge in [-0.05, 0) is 68.1 Å². The summed E-state index contributed by atoms with van der Waals surface area (Å²) in [6.45, 7) is 3.69. The zero-order valence-electron chi connectivity index (χ0n) is 17.6. The normalized spacial score (nSPS) is 15.3.